The van der Waals surface area contributed by atoms with Crippen molar-refractivity contribution in [3.8, 4) is 0 Å². The van der Waals surface area contributed by atoms with Gasteiger partial charge < -0.3 is 10.6 Å². The highest BCUT2D eigenvalue weighted by molar-refractivity contribution is 5.33. The molecule has 1 aromatic rings. The third kappa shape index (κ3) is 5.26. The Balaban J connectivity index is 1.60. The monoisotopic (exact) mass is 274 g/mol. The Morgan fingerprint density at radius 3 is 2.80 bits per heavy atom. The molecule has 0 saturated heterocycles. The van der Waals surface area contributed by atoms with Crippen LogP contribution in [0.25, 0.3) is 0 Å². The van der Waals surface area contributed by atoms with Gasteiger partial charge in [0.25, 0.3) is 0 Å². The first-order valence-electron chi connectivity index (χ1n) is 8.42. The standard InChI is InChI=1S/C18H30N2/c1-2-3-4-5-6-7-11-19-14-16-8-9-17-10-12-20-15-18(17)13-16/h8-9,13,19-20H,2-7,10-12,14-15H2,1H3. The van der Waals surface area contributed by atoms with Gasteiger partial charge in [0, 0.05) is 13.1 Å². The van der Waals surface area contributed by atoms with Gasteiger partial charge in [-0.05, 0) is 42.6 Å². The van der Waals surface area contributed by atoms with E-state index in [0.717, 1.165) is 26.2 Å². The van der Waals surface area contributed by atoms with E-state index >= 15 is 0 Å². The number of unbranched alkanes of at least 4 members (excludes halogenated alkanes) is 5. The van der Waals surface area contributed by atoms with Crippen molar-refractivity contribution in [2.24, 2.45) is 0 Å². The van der Waals surface area contributed by atoms with E-state index < -0.39 is 0 Å². The number of rotatable bonds is 9. The van der Waals surface area contributed by atoms with Gasteiger partial charge in [0.05, 0.1) is 0 Å². The van der Waals surface area contributed by atoms with Gasteiger partial charge in [-0.3, -0.25) is 0 Å². The molecule has 0 aromatic heterocycles. The van der Waals surface area contributed by atoms with Crippen molar-refractivity contribution >= 4 is 0 Å². The lowest BCUT2D eigenvalue weighted by molar-refractivity contribution is 0.571. The van der Waals surface area contributed by atoms with Gasteiger partial charge >= 0.3 is 0 Å². The molecular formula is C18H30N2. The minimum Gasteiger partial charge on any atom is -0.313 e. The van der Waals surface area contributed by atoms with E-state index in [1.807, 2.05) is 0 Å². The number of nitrogens with one attached hydrogen (secondary N) is 2. The lowest BCUT2D eigenvalue weighted by Crippen LogP contribution is -2.24. The van der Waals surface area contributed by atoms with E-state index in [2.05, 4.69) is 35.8 Å². The summed E-state index contributed by atoms with van der Waals surface area (Å²) in [6.45, 7) is 6.61. The Bertz CT molecular complexity index is 387. The molecule has 1 aromatic carbocycles. The fourth-order valence-electron chi connectivity index (χ4n) is 2.91. The molecule has 2 nitrogen and oxygen atoms in total. The second kappa shape index (κ2) is 9.15. The first-order chi connectivity index (χ1) is 9.90. The second-order valence-electron chi connectivity index (χ2n) is 5.97. The smallest absolute Gasteiger partial charge is 0.0208 e. The van der Waals surface area contributed by atoms with Crippen molar-refractivity contribution in [2.45, 2.75) is 65.0 Å². The Morgan fingerprint density at radius 1 is 1.05 bits per heavy atom. The average Bonchev–Trinajstić information content (AvgIpc) is 2.50. The maximum Gasteiger partial charge on any atom is 0.0208 e. The topological polar surface area (TPSA) is 24.1 Å². The summed E-state index contributed by atoms with van der Waals surface area (Å²) in [6, 6.07) is 6.98. The summed E-state index contributed by atoms with van der Waals surface area (Å²) in [6.07, 6.45) is 9.43. The minimum absolute atomic E-state index is 1.02. The zero-order chi connectivity index (χ0) is 14.0. The average molecular weight is 274 g/mol. The molecule has 0 atom stereocenters. The van der Waals surface area contributed by atoms with E-state index in [0.29, 0.717) is 0 Å². The highest BCUT2D eigenvalue weighted by Gasteiger charge is 2.08. The van der Waals surface area contributed by atoms with E-state index in [4.69, 9.17) is 0 Å². The van der Waals surface area contributed by atoms with Crippen molar-refractivity contribution in [1.29, 1.82) is 0 Å². The lowest BCUT2D eigenvalue weighted by Gasteiger charge is -2.18. The molecule has 1 aliphatic heterocycles. The minimum atomic E-state index is 1.02. The molecule has 0 bridgehead atoms. The van der Waals surface area contributed by atoms with Gasteiger partial charge in [0.1, 0.15) is 0 Å². The van der Waals surface area contributed by atoms with Gasteiger partial charge in [0.15, 0.2) is 0 Å². The predicted octanol–water partition coefficient (Wildman–Crippen LogP) is 3.78. The van der Waals surface area contributed by atoms with Crippen LogP contribution in [0.4, 0.5) is 0 Å². The number of benzene rings is 1. The summed E-state index contributed by atoms with van der Waals surface area (Å²) in [5, 5.41) is 7.03. The van der Waals surface area contributed by atoms with Crippen molar-refractivity contribution in [3.05, 3.63) is 34.9 Å². The third-order valence-corrected chi connectivity index (χ3v) is 4.19. The van der Waals surface area contributed by atoms with Gasteiger partial charge in [-0.25, -0.2) is 0 Å². The van der Waals surface area contributed by atoms with E-state index in [9.17, 15) is 0 Å². The highest BCUT2D eigenvalue weighted by atomic mass is 14.9. The van der Waals surface area contributed by atoms with E-state index in [-0.39, 0.29) is 0 Å². The fourth-order valence-corrected chi connectivity index (χ4v) is 2.91. The molecule has 0 amide bonds. The third-order valence-electron chi connectivity index (χ3n) is 4.19. The molecule has 0 aliphatic carbocycles. The van der Waals surface area contributed by atoms with Crippen LogP contribution in [0.2, 0.25) is 0 Å². The molecule has 2 N–H and O–H groups in total. The number of fused-ring (bicyclic) bond motifs is 1. The predicted molar refractivity (Wildman–Crippen MR) is 86.9 cm³/mol. The van der Waals surface area contributed by atoms with Gasteiger partial charge in [-0.1, -0.05) is 57.2 Å². The van der Waals surface area contributed by atoms with Crippen molar-refractivity contribution in [3.63, 3.8) is 0 Å². The van der Waals surface area contributed by atoms with Crippen LogP contribution in [-0.4, -0.2) is 13.1 Å². The first-order valence-corrected chi connectivity index (χ1v) is 8.42. The molecular weight excluding hydrogens is 244 g/mol. The molecule has 1 heterocycles. The molecule has 2 rings (SSSR count). The van der Waals surface area contributed by atoms with E-state index in [1.165, 1.54) is 61.6 Å². The van der Waals surface area contributed by atoms with Crippen molar-refractivity contribution < 1.29 is 0 Å². The summed E-state index contributed by atoms with van der Waals surface area (Å²) in [7, 11) is 0. The molecule has 0 radical (unpaired) electrons. The largest absolute Gasteiger partial charge is 0.313 e. The maximum absolute atomic E-state index is 3.58. The van der Waals surface area contributed by atoms with Gasteiger partial charge in [-0.2, -0.15) is 0 Å². The normalized spacial score (nSPS) is 14.2. The fraction of sp³-hybridized carbons (Fsp3) is 0.667. The van der Waals surface area contributed by atoms with Crippen LogP contribution < -0.4 is 10.6 Å². The zero-order valence-corrected chi connectivity index (χ0v) is 13.0. The summed E-state index contributed by atoms with van der Waals surface area (Å²) < 4.78 is 0. The Labute approximate surface area is 124 Å². The summed E-state index contributed by atoms with van der Waals surface area (Å²) in [5.74, 6) is 0. The molecule has 0 unspecified atom stereocenters. The van der Waals surface area contributed by atoms with Crippen LogP contribution in [0, 0.1) is 0 Å². The molecule has 1 aliphatic rings. The molecule has 20 heavy (non-hydrogen) atoms. The molecule has 112 valence electrons. The zero-order valence-electron chi connectivity index (χ0n) is 13.0. The van der Waals surface area contributed by atoms with Gasteiger partial charge in [-0.15, -0.1) is 0 Å². The van der Waals surface area contributed by atoms with E-state index in [1.54, 1.807) is 0 Å². The highest BCUT2D eigenvalue weighted by Crippen LogP contribution is 2.15. The quantitative estimate of drug-likeness (QED) is 0.670. The van der Waals surface area contributed by atoms with Crippen LogP contribution in [-0.2, 0) is 19.5 Å². The number of hydrogen-bond donors (Lipinski definition) is 2. The van der Waals surface area contributed by atoms with Crippen molar-refractivity contribution in [2.75, 3.05) is 13.1 Å². The molecule has 0 fully saturated rings. The Hall–Kier alpha value is -0.860. The van der Waals surface area contributed by atoms with Crippen LogP contribution in [0.3, 0.4) is 0 Å². The Morgan fingerprint density at radius 2 is 1.90 bits per heavy atom. The summed E-state index contributed by atoms with van der Waals surface area (Å²) >= 11 is 0. The summed E-state index contributed by atoms with van der Waals surface area (Å²) in [4.78, 5) is 0. The molecule has 0 spiro atoms. The molecule has 2 heteroatoms. The van der Waals surface area contributed by atoms with Crippen LogP contribution in [0.5, 0.6) is 0 Å². The van der Waals surface area contributed by atoms with Crippen LogP contribution >= 0.6 is 0 Å². The second-order valence-corrected chi connectivity index (χ2v) is 5.97. The van der Waals surface area contributed by atoms with Crippen LogP contribution in [0.15, 0.2) is 18.2 Å². The maximum atomic E-state index is 3.58. The molecule has 0 saturated carbocycles. The van der Waals surface area contributed by atoms with Crippen LogP contribution in [0.1, 0.15) is 62.1 Å². The lowest BCUT2D eigenvalue weighted by atomic mass is 9.98. The first kappa shape index (κ1) is 15.5. The summed E-state index contributed by atoms with van der Waals surface area (Å²) in [5.41, 5.74) is 4.46. The Kier molecular flexibility index (Phi) is 7.10. The van der Waals surface area contributed by atoms with Crippen molar-refractivity contribution in [1.82, 2.24) is 10.6 Å². The number of hydrogen-bond acceptors (Lipinski definition) is 2. The SMILES string of the molecule is CCCCCCCCNCc1ccc2c(c1)CNCC2. The van der Waals surface area contributed by atoms with Gasteiger partial charge in [0.2, 0.25) is 0 Å².